The SMILES string of the molecule is COc1ccc(C(C)(N)c2ccc(C)c(C)c2)c(OC)c1. The number of methoxy groups -OCH3 is 2. The summed E-state index contributed by atoms with van der Waals surface area (Å²) in [6, 6.07) is 12.1. The minimum atomic E-state index is -0.629. The van der Waals surface area contributed by atoms with Crippen molar-refractivity contribution in [2.45, 2.75) is 26.3 Å². The van der Waals surface area contributed by atoms with Gasteiger partial charge in [0.1, 0.15) is 11.5 Å². The maximum Gasteiger partial charge on any atom is 0.127 e. The van der Waals surface area contributed by atoms with Gasteiger partial charge in [0.05, 0.1) is 19.8 Å². The number of benzene rings is 2. The van der Waals surface area contributed by atoms with Gasteiger partial charge in [-0.15, -0.1) is 0 Å². The van der Waals surface area contributed by atoms with E-state index in [1.807, 2.05) is 25.1 Å². The molecule has 112 valence electrons. The second kappa shape index (κ2) is 5.78. The molecule has 2 aromatic rings. The minimum Gasteiger partial charge on any atom is -0.497 e. The van der Waals surface area contributed by atoms with Crippen LogP contribution in [0.4, 0.5) is 0 Å². The fourth-order valence-electron chi connectivity index (χ4n) is 2.45. The van der Waals surface area contributed by atoms with Crippen LogP contribution < -0.4 is 15.2 Å². The van der Waals surface area contributed by atoms with E-state index >= 15 is 0 Å². The zero-order valence-corrected chi connectivity index (χ0v) is 13.4. The van der Waals surface area contributed by atoms with Gasteiger partial charge in [0.2, 0.25) is 0 Å². The van der Waals surface area contributed by atoms with Crippen LogP contribution in [0.15, 0.2) is 36.4 Å². The number of aryl methyl sites for hydroxylation is 2. The molecule has 2 aromatic carbocycles. The summed E-state index contributed by atoms with van der Waals surface area (Å²) in [6.45, 7) is 6.20. The first kappa shape index (κ1) is 15.4. The van der Waals surface area contributed by atoms with E-state index in [1.54, 1.807) is 14.2 Å². The van der Waals surface area contributed by atoms with Crippen molar-refractivity contribution in [1.82, 2.24) is 0 Å². The van der Waals surface area contributed by atoms with Gasteiger partial charge in [0, 0.05) is 11.6 Å². The largest absolute Gasteiger partial charge is 0.497 e. The Morgan fingerprint density at radius 3 is 2.19 bits per heavy atom. The Morgan fingerprint density at radius 1 is 0.905 bits per heavy atom. The molecule has 0 heterocycles. The van der Waals surface area contributed by atoms with Crippen molar-refractivity contribution in [3.8, 4) is 11.5 Å². The molecule has 0 bridgehead atoms. The van der Waals surface area contributed by atoms with Crippen LogP contribution in [-0.4, -0.2) is 14.2 Å². The zero-order valence-electron chi connectivity index (χ0n) is 13.4. The Morgan fingerprint density at radius 2 is 1.62 bits per heavy atom. The van der Waals surface area contributed by atoms with Crippen LogP contribution in [0, 0.1) is 13.8 Å². The minimum absolute atomic E-state index is 0.629. The van der Waals surface area contributed by atoms with E-state index in [4.69, 9.17) is 15.2 Å². The Balaban J connectivity index is 2.54. The number of hydrogen-bond donors (Lipinski definition) is 1. The molecule has 2 rings (SSSR count). The average molecular weight is 285 g/mol. The van der Waals surface area contributed by atoms with Crippen molar-refractivity contribution in [3.05, 3.63) is 58.7 Å². The Kier molecular flexibility index (Phi) is 4.24. The molecule has 1 unspecified atom stereocenters. The van der Waals surface area contributed by atoms with E-state index in [0.717, 1.165) is 22.6 Å². The van der Waals surface area contributed by atoms with Crippen LogP contribution in [0.5, 0.6) is 11.5 Å². The van der Waals surface area contributed by atoms with Gasteiger partial charge in [0.15, 0.2) is 0 Å². The van der Waals surface area contributed by atoms with Gasteiger partial charge in [-0.2, -0.15) is 0 Å². The second-order valence-electron chi connectivity index (χ2n) is 5.57. The molecule has 21 heavy (non-hydrogen) atoms. The summed E-state index contributed by atoms with van der Waals surface area (Å²) in [5.74, 6) is 1.49. The van der Waals surface area contributed by atoms with Gasteiger partial charge < -0.3 is 15.2 Å². The first-order valence-electron chi connectivity index (χ1n) is 6.99. The molecule has 3 nitrogen and oxygen atoms in total. The summed E-state index contributed by atoms with van der Waals surface area (Å²) in [6.07, 6.45) is 0. The molecule has 0 saturated carbocycles. The molecule has 3 heteroatoms. The van der Waals surface area contributed by atoms with E-state index in [9.17, 15) is 0 Å². The third-order valence-electron chi connectivity index (χ3n) is 4.07. The van der Waals surface area contributed by atoms with E-state index in [-0.39, 0.29) is 0 Å². The highest BCUT2D eigenvalue weighted by Crippen LogP contribution is 2.36. The average Bonchev–Trinajstić information content (AvgIpc) is 2.49. The monoisotopic (exact) mass is 285 g/mol. The van der Waals surface area contributed by atoms with Gasteiger partial charge in [-0.1, -0.05) is 18.2 Å². The molecular weight excluding hydrogens is 262 g/mol. The molecule has 0 saturated heterocycles. The quantitative estimate of drug-likeness (QED) is 0.934. The lowest BCUT2D eigenvalue weighted by Gasteiger charge is -2.28. The normalized spacial score (nSPS) is 13.6. The summed E-state index contributed by atoms with van der Waals surface area (Å²) >= 11 is 0. The van der Waals surface area contributed by atoms with Crippen LogP contribution in [-0.2, 0) is 5.54 Å². The van der Waals surface area contributed by atoms with Crippen molar-refractivity contribution >= 4 is 0 Å². The highest BCUT2D eigenvalue weighted by atomic mass is 16.5. The van der Waals surface area contributed by atoms with Crippen molar-refractivity contribution < 1.29 is 9.47 Å². The number of nitrogens with two attached hydrogens (primary N) is 1. The van der Waals surface area contributed by atoms with Gasteiger partial charge >= 0.3 is 0 Å². The standard InChI is InChI=1S/C18H23NO2/c1-12-6-7-14(10-13(12)2)18(3,19)16-9-8-15(20-4)11-17(16)21-5/h6-11H,19H2,1-5H3. The summed E-state index contributed by atoms with van der Waals surface area (Å²) in [4.78, 5) is 0. The maximum atomic E-state index is 6.63. The Bertz CT molecular complexity index is 648. The highest BCUT2D eigenvalue weighted by molar-refractivity contribution is 5.50. The van der Waals surface area contributed by atoms with Gasteiger partial charge in [-0.3, -0.25) is 0 Å². The molecular formula is C18H23NO2. The fraction of sp³-hybridized carbons (Fsp3) is 0.333. The molecule has 2 N–H and O–H groups in total. The van der Waals surface area contributed by atoms with Crippen LogP contribution >= 0.6 is 0 Å². The van der Waals surface area contributed by atoms with E-state index < -0.39 is 5.54 Å². The van der Waals surface area contributed by atoms with Crippen LogP contribution in [0.2, 0.25) is 0 Å². The first-order chi connectivity index (χ1) is 9.90. The summed E-state index contributed by atoms with van der Waals surface area (Å²) in [7, 11) is 3.29. The number of rotatable bonds is 4. The Labute approximate surface area is 126 Å². The van der Waals surface area contributed by atoms with Gasteiger partial charge in [0.25, 0.3) is 0 Å². The molecule has 0 spiro atoms. The lowest BCUT2D eigenvalue weighted by molar-refractivity contribution is 0.384. The topological polar surface area (TPSA) is 44.5 Å². The molecule has 0 amide bonds. The van der Waals surface area contributed by atoms with Gasteiger partial charge in [-0.25, -0.2) is 0 Å². The predicted octanol–water partition coefficient (Wildman–Crippen LogP) is 3.54. The lowest BCUT2D eigenvalue weighted by Crippen LogP contribution is -2.34. The van der Waals surface area contributed by atoms with Crippen LogP contribution in [0.25, 0.3) is 0 Å². The number of ether oxygens (including phenoxy) is 2. The lowest BCUT2D eigenvalue weighted by atomic mass is 9.84. The predicted molar refractivity (Wildman–Crippen MR) is 86.1 cm³/mol. The van der Waals surface area contributed by atoms with Crippen LogP contribution in [0.3, 0.4) is 0 Å². The molecule has 0 aliphatic carbocycles. The second-order valence-corrected chi connectivity index (χ2v) is 5.57. The van der Waals surface area contributed by atoms with Gasteiger partial charge in [-0.05, 0) is 49.6 Å². The molecule has 0 aliphatic heterocycles. The molecule has 0 aromatic heterocycles. The first-order valence-corrected chi connectivity index (χ1v) is 6.99. The van der Waals surface area contributed by atoms with Crippen LogP contribution in [0.1, 0.15) is 29.2 Å². The molecule has 1 atom stereocenters. The third kappa shape index (κ3) is 2.88. The third-order valence-corrected chi connectivity index (χ3v) is 4.07. The van der Waals surface area contributed by atoms with Crippen molar-refractivity contribution in [2.75, 3.05) is 14.2 Å². The summed E-state index contributed by atoms with van der Waals surface area (Å²) < 4.78 is 10.7. The maximum absolute atomic E-state index is 6.63. The fourth-order valence-corrected chi connectivity index (χ4v) is 2.45. The number of hydrogen-bond acceptors (Lipinski definition) is 3. The highest BCUT2D eigenvalue weighted by Gasteiger charge is 2.27. The van der Waals surface area contributed by atoms with Crippen molar-refractivity contribution in [2.24, 2.45) is 5.73 Å². The Hall–Kier alpha value is -2.00. The van der Waals surface area contributed by atoms with E-state index in [1.165, 1.54) is 11.1 Å². The van der Waals surface area contributed by atoms with Crippen molar-refractivity contribution in [3.63, 3.8) is 0 Å². The smallest absolute Gasteiger partial charge is 0.127 e. The van der Waals surface area contributed by atoms with E-state index in [2.05, 4.69) is 32.0 Å². The summed E-state index contributed by atoms with van der Waals surface area (Å²) in [5.41, 5.74) is 10.5. The summed E-state index contributed by atoms with van der Waals surface area (Å²) in [5, 5.41) is 0. The zero-order chi connectivity index (χ0) is 15.6. The molecule has 0 fully saturated rings. The molecule has 0 aliphatic rings. The van der Waals surface area contributed by atoms with Crippen molar-refractivity contribution in [1.29, 1.82) is 0 Å². The van der Waals surface area contributed by atoms with E-state index in [0.29, 0.717) is 0 Å². The molecule has 0 radical (unpaired) electrons.